The third-order valence-corrected chi connectivity index (χ3v) is 14.9. The van der Waals surface area contributed by atoms with Crippen molar-refractivity contribution in [2.45, 2.75) is 63.7 Å². The number of anilines is 3. The summed E-state index contributed by atoms with van der Waals surface area (Å²) >= 11 is 0. The molecule has 0 spiro atoms. The molecule has 5 heteroatoms. The lowest BCUT2D eigenvalue weighted by atomic mass is 9.51. The highest BCUT2D eigenvalue weighted by molar-refractivity contribution is 6.16. The van der Waals surface area contributed by atoms with Crippen LogP contribution in [0.1, 0.15) is 79.8 Å². The SMILES string of the molecule is CCC1Nc2ccccc2N1c1ccc(-c2ccc(-c3cccc(-c4ccccc4C4N=C(c5ccccc5)NC(c5ccc(C6C7CC8CC(C7)CC6C8)cc5)=N4)c3)cc2)cc1. The normalized spacial score (nSPS) is 24.3. The molecule has 2 N–H and O–H groups in total. The molecule has 4 saturated carbocycles. The van der Waals surface area contributed by atoms with Crippen LogP contribution in [0.4, 0.5) is 17.1 Å². The lowest BCUT2D eigenvalue weighted by Crippen LogP contribution is -2.43. The molecule has 7 aromatic rings. The number of aliphatic imine (C=N–C) groups is 2. The number of hydrogen-bond donors (Lipinski definition) is 2. The zero-order valence-corrected chi connectivity index (χ0v) is 35.9. The van der Waals surface area contributed by atoms with Gasteiger partial charge in [-0.15, -0.1) is 0 Å². The predicted octanol–water partition coefficient (Wildman–Crippen LogP) is 14.0. The fourth-order valence-corrected chi connectivity index (χ4v) is 12.2. The molecular formula is C58H53N5. The molecule has 2 atom stereocenters. The Morgan fingerprint density at radius 1 is 0.508 bits per heavy atom. The van der Waals surface area contributed by atoms with Gasteiger partial charge in [-0.1, -0.05) is 153 Å². The van der Waals surface area contributed by atoms with Crippen LogP contribution in [-0.2, 0) is 0 Å². The van der Waals surface area contributed by atoms with Gasteiger partial charge in [-0.25, -0.2) is 9.98 Å². The van der Waals surface area contributed by atoms with E-state index in [1.165, 1.54) is 77.0 Å². The molecule has 4 bridgehead atoms. The van der Waals surface area contributed by atoms with Crippen molar-refractivity contribution >= 4 is 28.7 Å². The van der Waals surface area contributed by atoms with Crippen molar-refractivity contribution in [2.75, 3.05) is 10.2 Å². The first-order chi connectivity index (χ1) is 31.1. The Kier molecular flexibility index (Phi) is 9.58. The van der Waals surface area contributed by atoms with E-state index in [4.69, 9.17) is 9.98 Å². The Bertz CT molecular complexity index is 2810. The molecule has 2 unspecified atom stereocenters. The van der Waals surface area contributed by atoms with E-state index in [0.717, 1.165) is 69.6 Å². The molecule has 2 heterocycles. The van der Waals surface area contributed by atoms with Gasteiger partial charge in [0.25, 0.3) is 0 Å². The van der Waals surface area contributed by atoms with Gasteiger partial charge in [-0.2, -0.15) is 0 Å². The van der Waals surface area contributed by atoms with E-state index in [9.17, 15) is 0 Å². The molecule has 310 valence electrons. The third-order valence-electron chi connectivity index (χ3n) is 14.9. The summed E-state index contributed by atoms with van der Waals surface area (Å²) in [6, 6.07) is 64.0. The lowest BCUT2D eigenvalue weighted by Gasteiger charge is -2.54. The van der Waals surface area contributed by atoms with E-state index in [0.29, 0.717) is 5.92 Å². The van der Waals surface area contributed by atoms with Crippen LogP contribution in [0.5, 0.6) is 0 Å². The average Bonchev–Trinajstić information content (AvgIpc) is 3.73. The number of para-hydroxylation sites is 2. The van der Waals surface area contributed by atoms with Gasteiger partial charge in [-0.3, -0.25) is 0 Å². The van der Waals surface area contributed by atoms with Gasteiger partial charge in [0.05, 0.1) is 11.4 Å². The Hall–Kier alpha value is -6.72. The Labute approximate surface area is 371 Å². The molecule has 0 saturated heterocycles. The summed E-state index contributed by atoms with van der Waals surface area (Å²) in [4.78, 5) is 13.1. The van der Waals surface area contributed by atoms with E-state index < -0.39 is 6.17 Å². The van der Waals surface area contributed by atoms with Gasteiger partial charge in [-0.05, 0) is 137 Å². The molecule has 0 aromatic heterocycles. The summed E-state index contributed by atoms with van der Waals surface area (Å²) in [5.74, 6) is 6.12. The summed E-state index contributed by atoms with van der Waals surface area (Å²) in [6.45, 7) is 2.23. The molecule has 7 aromatic carbocycles. The van der Waals surface area contributed by atoms with Gasteiger partial charge in [0, 0.05) is 22.4 Å². The zero-order valence-electron chi connectivity index (χ0n) is 35.9. The Morgan fingerprint density at radius 3 is 1.76 bits per heavy atom. The molecule has 0 amide bonds. The predicted molar refractivity (Wildman–Crippen MR) is 261 cm³/mol. The van der Waals surface area contributed by atoms with E-state index >= 15 is 0 Å². The van der Waals surface area contributed by atoms with E-state index in [2.05, 4.69) is 198 Å². The minimum absolute atomic E-state index is 0.248. The first-order valence-electron chi connectivity index (χ1n) is 23.3. The number of fused-ring (bicyclic) bond motifs is 1. The van der Waals surface area contributed by atoms with Crippen LogP contribution in [0.2, 0.25) is 0 Å². The molecule has 6 aliphatic rings. The van der Waals surface area contributed by atoms with Gasteiger partial charge < -0.3 is 15.5 Å². The van der Waals surface area contributed by atoms with Gasteiger partial charge >= 0.3 is 0 Å². The van der Waals surface area contributed by atoms with E-state index in [1.54, 1.807) is 0 Å². The lowest BCUT2D eigenvalue weighted by molar-refractivity contribution is -0.00277. The topological polar surface area (TPSA) is 52.0 Å². The highest BCUT2D eigenvalue weighted by Gasteiger charge is 2.48. The first-order valence-corrected chi connectivity index (χ1v) is 23.3. The number of nitrogens with one attached hydrogen (secondary N) is 2. The summed E-state index contributed by atoms with van der Waals surface area (Å²) < 4.78 is 0. The number of rotatable bonds is 9. The highest BCUT2D eigenvalue weighted by Crippen LogP contribution is 2.59. The maximum atomic E-state index is 5.38. The summed E-state index contributed by atoms with van der Waals surface area (Å²) in [5.41, 5.74) is 15.5. The van der Waals surface area contributed by atoms with Crippen molar-refractivity contribution in [3.05, 3.63) is 198 Å². The summed E-state index contributed by atoms with van der Waals surface area (Å²) in [7, 11) is 0. The van der Waals surface area contributed by atoms with Crippen molar-refractivity contribution < 1.29 is 0 Å². The van der Waals surface area contributed by atoms with Crippen molar-refractivity contribution in [1.29, 1.82) is 0 Å². The van der Waals surface area contributed by atoms with Gasteiger partial charge in [0.2, 0.25) is 0 Å². The van der Waals surface area contributed by atoms with Gasteiger partial charge in [0.1, 0.15) is 17.8 Å². The monoisotopic (exact) mass is 819 g/mol. The number of hydrogen-bond acceptors (Lipinski definition) is 5. The average molecular weight is 820 g/mol. The molecule has 4 aliphatic carbocycles. The maximum Gasteiger partial charge on any atom is 0.170 e. The summed E-state index contributed by atoms with van der Waals surface area (Å²) in [6.07, 6.45) is 8.08. The fraction of sp³-hybridized carbons (Fsp3) is 0.241. The molecule has 63 heavy (non-hydrogen) atoms. The second-order valence-corrected chi connectivity index (χ2v) is 18.6. The van der Waals surface area contributed by atoms with Crippen LogP contribution >= 0.6 is 0 Å². The fourth-order valence-electron chi connectivity index (χ4n) is 12.2. The van der Waals surface area contributed by atoms with Crippen molar-refractivity contribution in [3.63, 3.8) is 0 Å². The molecule has 2 aliphatic heterocycles. The molecule has 13 rings (SSSR count). The number of benzene rings is 7. The Balaban J connectivity index is 0.821. The smallest absolute Gasteiger partial charge is 0.170 e. The molecule has 4 fully saturated rings. The number of nitrogens with zero attached hydrogens (tertiary/aromatic N) is 3. The van der Waals surface area contributed by atoms with Gasteiger partial charge in [0.15, 0.2) is 6.17 Å². The molecule has 0 radical (unpaired) electrons. The second-order valence-electron chi connectivity index (χ2n) is 18.6. The number of amidine groups is 2. The third kappa shape index (κ3) is 7.04. The minimum Gasteiger partial charge on any atom is -0.363 e. The van der Waals surface area contributed by atoms with Crippen molar-refractivity contribution in [2.24, 2.45) is 33.7 Å². The second kappa shape index (κ2) is 15.9. The highest BCUT2D eigenvalue weighted by atomic mass is 15.3. The van der Waals surface area contributed by atoms with E-state index in [-0.39, 0.29) is 6.17 Å². The van der Waals surface area contributed by atoms with Crippen molar-refractivity contribution in [1.82, 2.24) is 5.32 Å². The zero-order chi connectivity index (χ0) is 41.9. The quantitative estimate of drug-likeness (QED) is 0.153. The molecular weight excluding hydrogens is 767 g/mol. The van der Waals surface area contributed by atoms with Crippen LogP contribution in [0.3, 0.4) is 0 Å². The van der Waals surface area contributed by atoms with E-state index in [1.807, 2.05) is 0 Å². The van der Waals surface area contributed by atoms with Crippen LogP contribution in [0, 0.1) is 23.7 Å². The van der Waals surface area contributed by atoms with Crippen LogP contribution in [0.15, 0.2) is 186 Å². The van der Waals surface area contributed by atoms with Crippen LogP contribution in [-0.4, -0.2) is 17.8 Å². The van der Waals surface area contributed by atoms with Crippen molar-refractivity contribution in [3.8, 4) is 33.4 Å². The largest absolute Gasteiger partial charge is 0.363 e. The van der Waals surface area contributed by atoms with Crippen LogP contribution < -0.4 is 15.5 Å². The maximum absolute atomic E-state index is 5.38. The van der Waals surface area contributed by atoms with Crippen LogP contribution in [0.25, 0.3) is 33.4 Å². The first kappa shape index (κ1) is 38.0. The minimum atomic E-state index is -0.407. The standard InChI is InChI=1S/C58H53N5/c1-2-54-59-52-17-8-9-18-53(52)63(54)49-29-27-40(28-30-49)39-19-21-41(22-20-39)45-13-10-14-46(36-45)50-15-6-7-16-51(50)58-61-56(43-11-4-3-5-12-43)60-57(62-58)44-25-23-42(24-26-44)55-47-32-37-31-38(34-47)35-48(55)33-37/h3-30,36-38,47-48,54-55,58-59H,2,31-35H2,1H3,(H,60,61,62). The Morgan fingerprint density at radius 2 is 1.06 bits per heavy atom. The molecule has 5 nitrogen and oxygen atoms in total. The summed E-state index contributed by atoms with van der Waals surface area (Å²) in [5, 5.41) is 7.34.